The lowest BCUT2D eigenvalue weighted by atomic mass is 10.3. The fourth-order valence-corrected chi connectivity index (χ4v) is 2.39. The molecule has 0 radical (unpaired) electrons. The highest BCUT2D eigenvalue weighted by Crippen LogP contribution is 2.14. The van der Waals surface area contributed by atoms with Crippen molar-refractivity contribution >= 4 is 29.0 Å². The van der Waals surface area contributed by atoms with Crippen molar-refractivity contribution in [3.8, 4) is 0 Å². The summed E-state index contributed by atoms with van der Waals surface area (Å²) in [5.41, 5.74) is 0.820. The lowest BCUT2D eigenvalue weighted by Gasteiger charge is -2.06. The lowest BCUT2D eigenvalue weighted by molar-refractivity contribution is -0.115. The molecule has 2 rings (SSSR count). The van der Waals surface area contributed by atoms with Crippen LogP contribution in [0.15, 0.2) is 30.3 Å². The SMILES string of the molecule is Cc1cccc(NC(=O)CNC(=O)c2ccc(C)s2)n1. The van der Waals surface area contributed by atoms with Crippen molar-refractivity contribution in [3.05, 3.63) is 45.8 Å². The van der Waals surface area contributed by atoms with Gasteiger partial charge in [0.15, 0.2) is 0 Å². The van der Waals surface area contributed by atoms with E-state index < -0.39 is 0 Å². The molecular weight excluding hydrogens is 274 g/mol. The molecule has 6 heteroatoms. The van der Waals surface area contributed by atoms with Crippen molar-refractivity contribution in [1.82, 2.24) is 10.3 Å². The summed E-state index contributed by atoms with van der Waals surface area (Å²) in [7, 11) is 0. The highest BCUT2D eigenvalue weighted by Gasteiger charge is 2.10. The van der Waals surface area contributed by atoms with E-state index in [0.29, 0.717) is 10.7 Å². The van der Waals surface area contributed by atoms with E-state index in [4.69, 9.17) is 0 Å². The molecule has 0 unspecified atom stereocenters. The standard InChI is InChI=1S/C14H15N3O2S/c1-9-4-3-5-12(16-9)17-13(18)8-15-14(19)11-7-6-10(2)20-11/h3-7H,8H2,1-2H3,(H,15,19)(H,16,17,18). The minimum Gasteiger partial charge on any atom is -0.342 e. The van der Waals surface area contributed by atoms with Crippen LogP contribution < -0.4 is 10.6 Å². The Kier molecular flexibility index (Phi) is 4.47. The van der Waals surface area contributed by atoms with Crippen molar-refractivity contribution in [2.24, 2.45) is 0 Å². The molecule has 0 bridgehead atoms. The van der Waals surface area contributed by atoms with Gasteiger partial charge >= 0.3 is 0 Å². The molecule has 0 saturated heterocycles. The molecule has 5 nitrogen and oxygen atoms in total. The molecule has 2 N–H and O–H groups in total. The van der Waals surface area contributed by atoms with Gasteiger partial charge in [0, 0.05) is 10.6 Å². The van der Waals surface area contributed by atoms with Crippen LogP contribution in [0, 0.1) is 13.8 Å². The molecule has 0 atom stereocenters. The van der Waals surface area contributed by atoms with E-state index in [9.17, 15) is 9.59 Å². The predicted molar refractivity (Wildman–Crippen MR) is 79.0 cm³/mol. The van der Waals surface area contributed by atoms with E-state index in [1.807, 2.05) is 32.0 Å². The van der Waals surface area contributed by atoms with Crippen LogP contribution in [-0.4, -0.2) is 23.3 Å². The molecular formula is C14H15N3O2S. The number of hydrogen-bond donors (Lipinski definition) is 2. The van der Waals surface area contributed by atoms with E-state index in [1.54, 1.807) is 12.1 Å². The largest absolute Gasteiger partial charge is 0.342 e. The predicted octanol–water partition coefficient (Wildman–Crippen LogP) is 2.13. The van der Waals surface area contributed by atoms with Gasteiger partial charge in [-0.05, 0) is 38.1 Å². The Bertz CT molecular complexity index is 637. The number of carbonyl (C=O) groups is 2. The Hall–Kier alpha value is -2.21. The van der Waals surface area contributed by atoms with Gasteiger partial charge in [0.1, 0.15) is 5.82 Å². The third kappa shape index (κ3) is 3.89. The first kappa shape index (κ1) is 14.2. The second-order valence-corrected chi connectivity index (χ2v) is 5.59. The number of amides is 2. The van der Waals surface area contributed by atoms with Crippen LogP contribution in [0.2, 0.25) is 0 Å². The molecule has 2 amide bonds. The van der Waals surface area contributed by atoms with Gasteiger partial charge in [-0.15, -0.1) is 11.3 Å². The molecule has 20 heavy (non-hydrogen) atoms. The molecule has 2 heterocycles. The average Bonchev–Trinajstić information content (AvgIpc) is 2.83. The summed E-state index contributed by atoms with van der Waals surface area (Å²) < 4.78 is 0. The summed E-state index contributed by atoms with van der Waals surface area (Å²) >= 11 is 1.40. The van der Waals surface area contributed by atoms with E-state index >= 15 is 0 Å². The number of carbonyl (C=O) groups excluding carboxylic acids is 2. The average molecular weight is 289 g/mol. The Morgan fingerprint density at radius 3 is 2.65 bits per heavy atom. The summed E-state index contributed by atoms with van der Waals surface area (Å²) in [6.45, 7) is 3.69. The van der Waals surface area contributed by atoms with Crippen LogP contribution >= 0.6 is 11.3 Å². The lowest BCUT2D eigenvalue weighted by Crippen LogP contribution is -2.32. The number of nitrogens with one attached hydrogen (secondary N) is 2. The third-order valence-corrected chi connectivity index (χ3v) is 3.53. The first-order chi connectivity index (χ1) is 9.54. The molecule has 0 fully saturated rings. The van der Waals surface area contributed by atoms with Crippen molar-refractivity contribution in [3.63, 3.8) is 0 Å². The Morgan fingerprint density at radius 2 is 2.00 bits per heavy atom. The van der Waals surface area contributed by atoms with Crippen LogP contribution in [0.3, 0.4) is 0 Å². The highest BCUT2D eigenvalue weighted by atomic mass is 32.1. The summed E-state index contributed by atoms with van der Waals surface area (Å²) in [5.74, 6) is -0.0589. The van der Waals surface area contributed by atoms with Crippen LogP contribution in [0.4, 0.5) is 5.82 Å². The molecule has 0 aromatic carbocycles. The van der Waals surface area contributed by atoms with Gasteiger partial charge < -0.3 is 10.6 Å². The number of nitrogens with zero attached hydrogens (tertiary/aromatic N) is 1. The Balaban J connectivity index is 1.85. The molecule has 2 aromatic heterocycles. The van der Waals surface area contributed by atoms with Gasteiger partial charge in [-0.2, -0.15) is 0 Å². The first-order valence-corrected chi connectivity index (χ1v) is 6.94. The van der Waals surface area contributed by atoms with Gasteiger partial charge in [-0.25, -0.2) is 4.98 Å². The number of aromatic nitrogens is 1. The summed E-state index contributed by atoms with van der Waals surface area (Å²) in [6.07, 6.45) is 0. The Labute approximate surface area is 121 Å². The molecule has 0 aliphatic heterocycles. The van der Waals surface area contributed by atoms with Gasteiger partial charge in [-0.3, -0.25) is 9.59 Å². The summed E-state index contributed by atoms with van der Waals surface area (Å²) in [4.78, 5) is 29.3. The normalized spacial score (nSPS) is 10.1. The van der Waals surface area contributed by atoms with Crippen LogP contribution in [0.25, 0.3) is 0 Å². The number of rotatable bonds is 4. The smallest absolute Gasteiger partial charge is 0.261 e. The molecule has 0 saturated carbocycles. The topological polar surface area (TPSA) is 71.1 Å². The molecule has 0 aliphatic carbocycles. The maximum Gasteiger partial charge on any atom is 0.261 e. The van der Waals surface area contributed by atoms with E-state index in [-0.39, 0.29) is 18.4 Å². The minimum absolute atomic E-state index is 0.0780. The maximum absolute atomic E-state index is 11.8. The summed E-state index contributed by atoms with van der Waals surface area (Å²) in [5, 5.41) is 5.21. The van der Waals surface area contributed by atoms with Gasteiger partial charge in [-0.1, -0.05) is 6.07 Å². The number of thiophene rings is 1. The minimum atomic E-state index is -0.301. The molecule has 0 aliphatic rings. The zero-order valence-corrected chi connectivity index (χ0v) is 12.1. The quantitative estimate of drug-likeness (QED) is 0.905. The fraction of sp³-hybridized carbons (Fsp3) is 0.214. The number of pyridine rings is 1. The number of hydrogen-bond acceptors (Lipinski definition) is 4. The van der Waals surface area contributed by atoms with Crippen LogP contribution in [-0.2, 0) is 4.79 Å². The highest BCUT2D eigenvalue weighted by molar-refractivity contribution is 7.13. The number of aryl methyl sites for hydroxylation is 2. The van der Waals surface area contributed by atoms with Gasteiger partial charge in [0.2, 0.25) is 5.91 Å². The van der Waals surface area contributed by atoms with Gasteiger partial charge in [0.25, 0.3) is 5.91 Å². The summed E-state index contributed by atoms with van der Waals surface area (Å²) in [6, 6.07) is 8.97. The fourth-order valence-electron chi connectivity index (χ4n) is 1.60. The van der Waals surface area contributed by atoms with Crippen molar-refractivity contribution < 1.29 is 9.59 Å². The Morgan fingerprint density at radius 1 is 1.20 bits per heavy atom. The second kappa shape index (κ2) is 6.29. The molecule has 0 spiro atoms. The van der Waals surface area contributed by atoms with E-state index in [0.717, 1.165) is 10.6 Å². The molecule has 104 valence electrons. The zero-order chi connectivity index (χ0) is 14.5. The number of anilines is 1. The van der Waals surface area contributed by atoms with E-state index in [2.05, 4.69) is 15.6 Å². The van der Waals surface area contributed by atoms with Crippen molar-refractivity contribution in [2.45, 2.75) is 13.8 Å². The first-order valence-electron chi connectivity index (χ1n) is 6.13. The zero-order valence-electron chi connectivity index (χ0n) is 11.3. The van der Waals surface area contributed by atoms with Crippen LogP contribution in [0.5, 0.6) is 0 Å². The molecule has 2 aromatic rings. The van der Waals surface area contributed by atoms with Crippen molar-refractivity contribution in [2.75, 3.05) is 11.9 Å². The van der Waals surface area contributed by atoms with Gasteiger partial charge in [0.05, 0.1) is 11.4 Å². The monoisotopic (exact) mass is 289 g/mol. The second-order valence-electron chi connectivity index (χ2n) is 4.31. The van der Waals surface area contributed by atoms with E-state index in [1.165, 1.54) is 11.3 Å². The van der Waals surface area contributed by atoms with Crippen molar-refractivity contribution in [1.29, 1.82) is 0 Å². The maximum atomic E-state index is 11.8. The van der Waals surface area contributed by atoms with Crippen LogP contribution in [0.1, 0.15) is 20.2 Å². The third-order valence-electron chi connectivity index (χ3n) is 2.53.